The monoisotopic (exact) mass is 519 g/mol. The minimum Gasteiger partial charge on any atom is -0.337 e. The van der Waals surface area contributed by atoms with Gasteiger partial charge in [0.05, 0.1) is 17.4 Å². The summed E-state index contributed by atoms with van der Waals surface area (Å²) in [6.07, 6.45) is 7.01. The first-order chi connectivity index (χ1) is 18.1. The van der Waals surface area contributed by atoms with Crippen LogP contribution in [-0.4, -0.2) is 74.0 Å². The Morgan fingerprint density at radius 1 is 0.973 bits per heavy atom. The van der Waals surface area contributed by atoms with Crippen LogP contribution >= 0.6 is 11.8 Å². The number of piperazine rings is 1. The maximum absolute atomic E-state index is 13.9. The summed E-state index contributed by atoms with van der Waals surface area (Å²) in [7, 11) is 0. The summed E-state index contributed by atoms with van der Waals surface area (Å²) in [5.74, 6) is 1.53. The lowest BCUT2D eigenvalue weighted by molar-refractivity contribution is 0.317. The van der Waals surface area contributed by atoms with Gasteiger partial charge in [-0.2, -0.15) is 10.1 Å². The van der Waals surface area contributed by atoms with Crippen molar-refractivity contribution in [1.29, 1.82) is 0 Å². The summed E-state index contributed by atoms with van der Waals surface area (Å²) in [4.78, 5) is 27.9. The predicted molar refractivity (Wildman–Crippen MR) is 139 cm³/mol. The Morgan fingerprint density at radius 2 is 1.70 bits per heavy atom. The van der Waals surface area contributed by atoms with Crippen LogP contribution in [0.3, 0.4) is 0 Å². The third-order valence-corrected chi connectivity index (χ3v) is 7.38. The van der Waals surface area contributed by atoms with Crippen LogP contribution in [-0.2, 0) is 0 Å². The number of nitrogens with zero attached hydrogens (tertiary/aromatic N) is 9. The van der Waals surface area contributed by atoms with Gasteiger partial charge in [-0.25, -0.2) is 24.3 Å². The van der Waals surface area contributed by atoms with E-state index in [1.165, 1.54) is 24.2 Å². The molecule has 2 aliphatic heterocycles. The van der Waals surface area contributed by atoms with Crippen molar-refractivity contribution in [2.24, 2.45) is 0 Å². The molecule has 2 saturated heterocycles. The summed E-state index contributed by atoms with van der Waals surface area (Å²) in [5.41, 5.74) is 1.79. The number of benzene rings is 1. The van der Waals surface area contributed by atoms with Gasteiger partial charge in [0.1, 0.15) is 12.1 Å². The van der Waals surface area contributed by atoms with E-state index in [1.807, 2.05) is 23.9 Å². The van der Waals surface area contributed by atoms with Crippen molar-refractivity contribution in [3.63, 3.8) is 0 Å². The summed E-state index contributed by atoms with van der Waals surface area (Å²) in [6.45, 7) is 6.76. The average molecular weight is 520 g/mol. The first kappa shape index (κ1) is 23.6. The third kappa shape index (κ3) is 5.18. The highest BCUT2D eigenvalue weighted by Crippen LogP contribution is 2.29. The van der Waals surface area contributed by atoms with E-state index in [-0.39, 0.29) is 5.82 Å². The summed E-state index contributed by atoms with van der Waals surface area (Å²) >= 11 is 1.31. The number of hydrogen-bond acceptors (Lipinski definition) is 11. The number of rotatable bonds is 7. The lowest BCUT2D eigenvalue weighted by atomic mass is 10.2. The Kier molecular flexibility index (Phi) is 6.53. The molecule has 0 bridgehead atoms. The zero-order chi connectivity index (χ0) is 25.2. The average Bonchev–Trinajstić information content (AvgIpc) is 3.24. The molecular formula is C24H26FN11S. The van der Waals surface area contributed by atoms with Crippen molar-refractivity contribution >= 4 is 35.3 Å². The highest BCUT2D eigenvalue weighted by Gasteiger charge is 2.23. The molecule has 11 nitrogen and oxygen atoms in total. The molecular weight excluding hydrogens is 493 g/mol. The van der Waals surface area contributed by atoms with E-state index in [9.17, 15) is 4.39 Å². The summed E-state index contributed by atoms with van der Waals surface area (Å²) in [6, 6.07) is 7.08. The maximum Gasteiger partial charge on any atom is 0.232 e. The van der Waals surface area contributed by atoms with Crippen LogP contribution in [0, 0.1) is 12.7 Å². The molecule has 0 spiro atoms. The molecule has 0 atom stereocenters. The fourth-order valence-electron chi connectivity index (χ4n) is 4.16. The molecule has 5 heterocycles. The number of aromatic nitrogens is 7. The molecule has 0 radical (unpaired) electrons. The second-order valence-electron chi connectivity index (χ2n) is 8.88. The first-order valence-electron chi connectivity index (χ1n) is 12.1. The third-order valence-electron chi connectivity index (χ3n) is 6.38. The highest BCUT2D eigenvalue weighted by atomic mass is 32.2. The Morgan fingerprint density at radius 3 is 2.41 bits per heavy atom. The fraction of sp³-hybridized carbons (Fsp3) is 0.333. The molecule has 190 valence electrons. The van der Waals surface area contributed by atoms with Crippen molar-refractivity contribution in [2.45, 2.75) is 22.8 Å². The van der Waals surface area contributed by atoms with Gasteiger partial charge >= 0.3 is 0 Å². The molecule has 0 saturated carbocycles. The zero-order valence-corrected chi connectivity index (χ0v) is 21.1. The van der Waals surface area contributed by atoms with E-state index in [4.69, 9.17) is 0 Å². The van der Waals surface area contributed by atoms with Gasteiger partial charge in [-0.15, -0.1) is 0 Å². The van der Waals surface area contributed by atoms with E-state index in [2.05, 4.69) is 50.5 Å². The molecule has 2 N–H and O–H groups in total. The van der Waals surface area contributed by atoms with Gasteiger partial charge in [-0.1, -0.05) is 23.9 Å². The number of halogens is 1. The van der Waals surface area contributed by atoms with Crippen molar-refractivity contribution < 1.29 is 4.39 Å². The number of hydrogen-bond donors (Lipinski definition) is 2. The quantitative estimate of drug-likeness (QED) is 0.376. The second-order valence-corrected chi connectivity index (χ2v) is 10.00. The van der Waals surface area contributed by atoms with Gasteiger partial charge in [0.2, 0.25) is 17.8 Å². The molecule has 13 heteroatoms. The first-order valence-corrected chi connectivity index (χ1v) is 12.9. The molecule has 6 rings (SSSR count). The van der Waals surface area contributed by atoms with Gasteiger partial charge in [-0.3, -0.25) is 4.68 Å². The topological polar surface area (TPSA) is 113 Å². The number of nitrogens with one attached hydrogen (secondary N) is 2. The molecule has 1 aromatic carbocycles. The van der Waals surface area contributed by atoms with Crippen LogP contribution in [0.15, 0.2) is 59.0 Å². The molecule has 2 aliphatic rings. The Hall–Kier alpha value is -3.84. The van der Waals surface area contributed by atoms with Crippen molar-refractivity contribution in [2.75, 3.05) is 54.4 Å². The van der Waals surface area contributed by atoms with E-state index in [1.54, 1.807) is 24.5 Å². The maximum atomic E-state index is 13.9. The van der Waals surface area contributed by atoms with E-state index < -0.39 is 0 Å². The summed E-state index contributed by atoms with van der Waals surface area (Å²) in [5, 5.41) is 11.2. The van der Waals surface area contributed by atoms with Gasteiger partial charge in [0.15, 0.2) is 0 Å². The van der Waals surface area contributed by atoms with Crippen LogP contribution in [0.4, 0.5) is 27.9 Å². The van der Waals surface area contributed by atoms with E-state index in [0.29, 0.717) is 28.8 Å². The van der Waals surface area contributed by atoms with Gasteiger partial charge in [0, 0.05) is 67.7 Å². The summed E-state index contributed by atoms with van der Waals surface area (Å²) < 4.78 is 15.9. The van der Waals surface area contributed by atoms with E-state index >= 15 is 0 Å². The Bertz CT molecular complexity index is 1370. The number of anilines is 4. The lowest BCUT2D eigenvalue weighted by Gasteiger charge is -2.34. The smallest absolute Gasteiger partial charge is 0.232 e. The predicted octanol–water partition coefficient (Wildman–Crippen LogP) is 2.67. The van der Waals surface area contributed by atoms with Crippen LogP contribution in [0.5, 0.6) is 0 Å². The SMILES string of the molecule is Cc1nn(C2CNC2)cc1Nc1ncnc(N2CCN(c3ncc(Sc4ccccc4F)cn3)CC2)n1. The van der Waals surface area contributed by atoms with E-state index in [0.717, 1.165) is 55.5 Å². The van der Waals surface area contributed by atoms with Crippen molar-refractivity contribution in [1.82, 2.24) is 40.0 Å². The van der Waals surface area contributed by atoms with Crippen LogP contribution < -0.4 is 20.4 Å². The fourth-order valence-corrected chi connectivity index (χ4v) is 4.94. The standard InChI is InChI=1S/C24H26FN11S/c1-16-20(14-36(33-16)17-10-26-11-17)31-22-29-15-30-24(32-22)35-8-6-34(7-9-35)23-27-12-18(13-28-23)37-21-5-3-2-4-19(21)25/h2-5,12-15,17,26H,6-11H2,1H3,(H,29,30,31,32). The molecule has 0 aliphatic carbocycles. The van der Waals surface area contributed by atoms with Crippen LogP contribution in [0.1, 0.15) is 11.7 Å². The zero-order valence-electron chi connectivity index (χ0n) is 20.2. The normalized spacial score (nSPS) is 16.1. The minimum absolute atomic E-state index is 0.249. The largest absolute Gasteiger partial charge is 0.337 e. The molecule has 0 amide bonds. The van der Waals surface area contributed by atoms with Gasteiger partial charge in [-0.05, 0) is 19.1 Å². The highest BCUT2D eigenvalue weighted by molar-refractivity contribution is 7.99. The Balaban J connectivity index is 1.06. The van der Waals surface area contributed by atoms with Crippen LogP contribution in [0.2, 0.25) is 0 Å². The molecule has 3 aromatic heterocycles. The lowest BCUT2D eigenvalue weighted by Crippen LogP contribution is -2.47. The van der Waals surface area contributed by atoms with Crippen molar-refractivity contribution in [3.8, 4) is 0 Å². The molecule has 4 aromatic rings. The second kappa shape index (κ2) is 10.3. The van der Waals surface area contributed by atoms with Gasteiger partial charge in [0.25, 0.3) is 0 Å². The molecule has 0 unspecified atom stereocenters. The van der Waals surface area contributed by atoms with Gasteiger partial charge < -0.3 is 20.4 Å². The number of aryl methyl sites for hydroxylation is 1. The Labute approximate surface area is 217 Å². The minimum atomic E-state index is -0.249. The molecule has 2 fully saturated rings. The molecule has 37 heavy (non-hydrogen) atoms. The van der Waals surface area contributed by atoms with Crippen molar-refractivity contribution in [3.05, 3.63) is 60.7 Å². The van der Waals surface area contributed by atoms with Crippen LogP contribution in [0.25, 0.3) is 0 Å².